The molecule has 0 amide bonds. The number of halogens is 6. The van der Waals surface area contributed by atoms with Gasteiger partial charge in [0.2, 0.25) is 0 Å². The van der Waals surface area contributed by atoms with Crippen LogP contribution in [0.15, 0.2) is 18.2 Å². The van der Waals surface area contributed by atoms with E-state index in [1.165, 1.54) is 0 Å². The lowest BCUT2D eigenvalue weighted by Crippen LogP contribution is -2.34. The van der Waals surface area contributed by atoms with Gasteiger partial charge in [0.25, 0.3) is 5.69 Å². The van der Waals surface area contributed by atoms with Gasteiger partial charge in [-0.3, -0.25) is 14.7 Å². The Morgan fingerprint density at radius 3 is 1.97 bits per heavy atom. The molecule has 38 heavy (non-hydrogen) atoms. The Labute approximate surface area is 267 Å². The van der Waals surface area contributed by atoms with Crippen LogP contribution < -0.4 is 4.74 Å². The number of ether oxygens (including phenoxy) is 3. The fourth-order valence-electron chi connectivity index (χ4n) is 2.58. The summed E-state index contributed by atoms with van der Waals surface area (Å²) in [5.74, 6) is -4.15. The van der Waals surface area contributed by atoms with E-state index in [1.807, 2.05) is 90.4 Å². The van der Waals surface area contributed by atoms with Crippen molar-refractivity contribution in [2.24, 2.45) is 0 Å². The summed E-state index contributed by atoms with van der Waals surface area (Å²) in [7, 11) is -5.95. The third kappa shape index (κ3) is 7.36. The first-order valence-electron chi connectivity index (χ1n) is 9.50. The minimum atomic E-state index is -5.95. The number of nitro groups is 1. The summed E-state index contributed by atoms with van der Waals surface area (Å²) < 4.78 is 73.3. The monoisotopic (exact) mass is 1010 g/mol. The number of hydrogen-bond donors (Lipinski definition) is 1. The van der Waals surface area contributed by atoms with Gasteiger partial charge in [0, 0.05) is 26.4 Å². The van der Waals surface area contributed by atoms with Crippen LogP contribution in [0.3, 0.4) is 0 Å². The van der Waals surface area contributed by atoms with E-state index in [1.54, 1.807) is 6.92 Å². The van der Waals surface area contributed by atoms with Crippen molar-refractivity contribution < 1.29 is 55.3 Å². The molecule has 0 saturated carbocycles. The van der Waals surface area contributed by atoms with E-state index in [9.17, 15) is 41.7 Å². The molecule has 0 heterocycles. The van der Waals surface area contributed by atoms with E-state index >= 15 is 0 Å². The molecule has 0 spiro atoms. The van der Waals surface area contributed by atoms with E-state index in [0.29, 0.717) is 20.3 Å². The molecule has 2 aromatic rings. The Hall–Kier alpha value is -1.06. The van der Waals surface area contributed by atoms with Gasteiger partial charge in [0.1, 0.15) is 11.3 Å². The van der Waals surface area contributed by atoms with Gasteiger partial charge in [-0.2, -0.15) is 17.2 Å². The van der Waals surface area contributed by atoms with E-state index in [2.05, 4.69) is 4.74 Å². The van der Waals surface area contributed by atoms with Crippen LogP contribution in [0.5, 0.6) is 5.75 Å². The minimum absolute atomic E-state index is 0.00694. The predicted molar refractivity (Wildman–Crippen MR) is 158 cm³/mol. The Morgan fingerprint density at radius 1 is 0.974 bits per heavy atom. The maximum atomic E-state index is 13.4. The topological polar surface area (TPSA) is 176 Å². The van der Waals surface area contributed by atoms with E-state index in [-0.39, 0.29) is 17.7 Å². The standard InChI is InChI=1S/C19H11F2I4NO11S/c1-2-35-17(28)10-11(13(23)15(25)14(24)12(10)22)18(29)37-7-3-4-9(26(30)31)8(5-7)16(27)36-6-19(20,21)38(32,33)34/h3-5H,2,6H2,1H3,(H,32,33,34). The van der Waals surface area contributed by atoms with Crippen molar-refractivity contribution >= 4 is 124 Å². The van der Waals surface area contributed by atoms with Crippen molar-refractivity contribution in [1.82, 2.24) is 0 Å². The molecule has 0 atom stereocenters. The maximum absolute atomic E-state index is 13.4. The zero-order valence-corrected chi connectivity index (χ0v) is 27.7. The number of carbonyl (C=O) groups excluding carboxylic acids is 3. The van der Waals surface area contributed by atoms with Crippen molar-refractivity contribution in [1.29, 1.82) is 0 Å². The molecule has 0 aliphatic rings. The van der Waals surface area contributed by atoms with Gasteiger partial charge >= 0.3 is 33.3 Å². The van der Waals surface area contributed by atoms with Crippen molar-refractivity contribution in [3.63, 3.8) is 0 Å². The lowest BCUT2D eigenvalue weighted by Gasteiger charge is -2.16. The van der Waals surface area contributed by atoms with Crippen molar-refractivity contribution in [2.75, 3.05) is 13.2 Å². The van der Waals surface area contributed by atoms with Crippen LogP contribution in [-0.2, 0) is 19.6 Å². The van der Waals surface area contributed by atoms with Crippen LogP contribution in [0.25, 0.3) is 0 Å². The van der Waals surface area contributed by atoms with Crippen LogP contribution in [0.4, 0.5) is 14.5 Å². The molecule has 1 N–H and O–H groups in total. The van der Waals surface area contributed by atoms with E-state index in [0.717, 1.165) is 12.1 Å². The summed E-state index contributed by atoms with van der Waals surface area (Å²) in [6.07, 6.45) is 0. The SMILES string of the molecule is CCOC(=O)c1c(I)c(I)c(I)c(I)c1C(=O)Oc1ccc([N+](=O)[O-])c(C(=O)OCC(F)(F)S(=O)(=O)O)c1. The van der Waals surface area contributed by atoms with Crippen molar-refractivity contribution in [3.05, 3.63) is 59.3 Å². The number of hydrogen-bond acceptors (Lipinski definition) is 10. The number of nitro benzene ring substituents is 1. The Kier molecular flexibility index (Phi) is 11.4. The predicted octanol–water partition coefficient (Wildman–Crippen LogP) is 5.05. The second-order valence-corrected chi connectivity index (χ2v) is 12.6. The van der Waals surface area contributed by atoms with Gasteiger partial charge in [0.15, 0.2) is 6.61 Å². The van der Waals surface area contributed by atoms with Gasteiger partial charge < -0.3 is 14.2 Å². The lowest BCUT2D eigenvalue weighted by atomic mass is 10.1. The van der Waals surface area contributed by atoms with Gasteiger partial charge in [-0.1, -0.05) is 0 Å². The summed E-state index contributed by atoms with van der Waals surface area (Å²) in [6, 6.07) is 2.29. The first kappa shape index (κ1) is 33.1. The van der Waals surface area contributed by atoms with Crippen LogP contribution in [0, 0.1) is 24.4 Å². The highest BCUT2D eigenvalue weighted by Gasteiger charge is 2.46. The molecule has 206 valence electrons. The van der Waals surface area contributed by atoms with Crippen molar-refractivity contribution in [2.45, 2.75) is 12.2 Å². The van der Waals surface area contributed by atoms with Gasteiger partial charge in [-0.15, -0.1) is 0 Å². The first-order chi connectivity index (χ1) is 17.4. The van der Waals surface area contributed by atoms with Crippen LogP contribution in [0.2, 0.25) is 0 Å². The highest BCUT2D eigenvalue weighted by molar-refractivity contribution is 14.1. The fourth-order valence-corrected chi connectivity index (χ4v) is 6.42. The molecule has 0 aromatic heterocycles. The molecule has 12 nitrogen and oxygen atoms in total. The Balaban J connectivity index is 2.52. The van der Waals surface area contributed by atoms with Crippen LogP contribution >= 0.6 is 90.4 Å². The first-order valence-corrected chi connectivity index (χ1v) is 15.3. The quantitative estimate of drug-likeness (QED) is 0.0521. The number of carbonyl (C=O) groups is 3. The summed E-state index contributed by atoms with van der Waals surface area (Å²) in [6.45, 7) is -0.575. The summed E-state index contributed by atoms with van der Waals surface area (Å²) >= 11 is 7.61. The fraction of sp³-hybridized carbons (Fsp3) is 0.211. The third-order valence-electron chi connectivity index (χ3n) is 4.29. The number of benzene rings is 2. The lowest BCUT2D eigenvalue weighted by molar-refractivity contribution is -0.385. The molecule has 2 aromatic carbocycles. The van der Waals surface area contributed by atoms with E-state index < -0.39 is 61.8 Å². The second-order valence-electron chi connectivity index (χ2n) is 6.74. The zero-order valence-electron chi connectivity index (χ0n) is 18.3. The number of alkyl halides is 2. The average molecular weight is 1010 g/mol. The van der Waals surface area contributed by atoms with Crippen molar-refractivity contribution in [3.8, 4) is 5.75 Å². The average Bonchev–Trinajstić information content (AvgIpc) is 2.82. The molecule has 0 aliphatic carbocycles. The molecular weight excluding hydrogens is 996 g/mol. The normalized spacial score (nSPS) is 11.6. The van der Waals surface area contributed by atoms with Gasteiger partial charge in [0.05, 0.1) is 22.7 Å². The smallest absolute Gasteiger partial charge is 0.402 e. The van der Waals surface area contributed by atoms with Gasteiger partial charge in [-0.25, -0.2) is 14.4 Å². The molecule has 0 unspecified atom stereocenters. The zero-order chi connectivity index (χ0) is 29.2. The molecule has 0 bridgehead atoms. The molecule has 2 rings (SSSR count). The van der Waals surface area contributed by atoms with Crippen LogP contribution in [0.1, 0.15) is 38.0 Å². The van der Waals surface area contributed by atoms with Crippen LogP contribution in [-0.4, -0.2) is 54.3 Å². The Bertz CT molecular complexity index is 1450. The molecule has 0 aliphatic heterocycles. The molecular formula is C19H11F2I4NO11S. The summed E-state index contributed by atoms with van der Waals surface area (Å²) in [5.41, 5.74) is -2.18. The molecule has 0 saturated heterocycles. The summed E-state index contributed by atoms with van der Waals surface area (Å²) in [5, 5.41) is 6.44. The molecule has 0 fully saturated rings. The van der Waals surface area contributed by atoms with E-state index in [4.69, 9.17) is 14.0 Å². The minimum Gasteiger partial charge on any atom is -0.462 e. The highest BCUT2D eigenvalue weighted by Crippen LogP contribution is 2.35. The molecule has 19 heteroatoms. The largest absolute Gasteiger partial charge is 0.462 e. The van der Waals surface area contributed by atoms with Gasteiger partial charge in [-0.05, 0) is 103 Å². The second kappa shape index (κ2) is 13.1. The summed E-state index contributed by atoms with van der Waals surface area (Å²) in [4.78, 5) is 48.4. The maximum Gasteiger partial charge on any atom is 0.402 e. The Morgan fingerprint density at radius 2 is 1.50 bits per heavy atom. The highest BCUT2D eigenvalue weighted by atomic mass is 127. The third-order valence-corrected chi connectivity index (χ3v) is 12.6. The number of rotatable bonds is 9. The molecule has 0 radical (unpaired) electrons. The number of nitrogens with zero attached hydrogens (tertiary/aromatic N) is 1. The number of esters is 3.